The summed E-state index contributed by atoms with van der Waals surface area (Å²) < 4.78 is 5.76. The third kappa shape index (κ3) is 2.71. The van der Waals surface area contributed by atoms with Crippen molar-refractivity contribution in [3.63, 3.8) is 0 Å². The van der Waals surface area contributed by atoms with E-state index in [1.807, 2.05) is 26.0 Å². The Labute approximate surface area is 110 Å². The average Bonchev–Trinajstić information content (AvgIpc) is 2.32. The van der Waals surface area contributed by atoms with E-state index in [1.165, 1.54) is 19.3 Å². The van der Waals surface area contributed by atoms with E-state index in [0.717, 1.165) is 23.7 Å². The number of hydrogen-bond acceptors (Lipinski definition) is 3. The van der Waals surface area contributed by atoms with Gasteiger partial charge in [-0.05, 0) is 52.2 Å². The largest absolute Gasteiger partial charge is 0.489 e. The lowest BCUT2D eigenvalue weighted by atomic mass is 10.0. The van der Waals surface area contributed by atoms with Gasteiger partial charge in [0.25, 0.3) is 0 Å². The molecule has 1 heterocycles. The number of hydrogen-bond donors (Lipinski definition) is 1. The SMILES string of the molecule is CC(C)Oc1cccc(N2CCCCC2C)c1N. The van der Waals surface area contributed by atoms with Crippen LogP contribution in [0.3, 0.4) is 0 Å². The second-order valence-electron chi connectivity index (χ2n) is 5.39. The van der Waals surface area contributed by atoms with E-state index in [1.54, 1.807) is 0 Å². The molecule has 0 amide bonds. The number of nitrogens with zero attached hydrogens (tertiary/aromatic N) is 1. The minimum Gasteiger partial charge on any atom is -0.489 e. The van der Waals surface area contributed by atoms with Gasteiger partial charge in [-0.3, -0.25) is 0 Å². The van der Waals surface area contributed by atoms with Crippen LogP contribution >= 0.6 is 0 Å². The Morgan fingerprint density at radius 2 is 2.11 bits per heavy atom. The van der Waals surface area contributed by atoms with E-state index in [9.17, 15) is 0 Å². The van der Waals surface area contributed by atoms with Gasteiger partial charge in [-0.2, -0.15) is 0 Å². The van der Waals surface area contributed by atoms with Crippen LogP contribution in [0.25, 0.3) is 0 Å². The Morgan fingerprint density at radius 3 is 2.78 bits per heavy atom. The fourth-order valence-electron chi connectivity index (χ4n) is 2.60. The lowest BCUT2D eigenvalue weighted by molar-refractivity contribution is 0.244. The van der Waals surface area contributed by atoms with Gasteiger partial charge in [-0.15, -0.1) is 0 Å². The predicted molar refractivity (Wildman–Crippen MR) is 77.3 cm³/mol. The van der Waals surface area contributed by atoms with Crippen molar-refractivity contribution in [2.24, 2.45) is 0 Å². The summed E-state index contributed by atoms with van der Waals surface area (Å²) in [5.74, 6) is 0.806. The molecule has 1 aliphatic heterocycles. The van der Waals surface area contributed by atoms with Crippen molar-refractivity contribution in [2.45, 2.75) is 52.2 Å². The first-order valence-corrected chi connectivity index (χ1v) is 6.91. The molecule has 1 fully saturated rings. The number of piperidine rings is 1. The molecule has 3 nitrogen and oxygen atoms in total. The third-order valence-corrected chi connectivity index (χ3v) is 3.52. The van der Waals surface area contributed by atoms with Crippen LogP contribution in [-0.4, -0.2) is 18.7 Å². The molecule has 1 aromatic rings. The molecule has 0 saturated carbocycles. The van der Waals surface area contributed by atoms with Crippen LogP contribution in [0, 0.1) is 0 Å². The second kappa shape index (κ2) is 5.51. The third-order valence-electron chi connectivity index (χ3n) is 3.52. The van der Waals surface area contributed by atoms with E-state index < -0.39 is 0 Å². The summed E-state index contributed by atoms with van der Waals surface area (Å²) in [6.07, 6.45) is 3.97. The highest BCUT2D eigenvalue weighted by Crippen LogP contribution is 2.35. The van der Waals surface area contributed by atoms with Gasteiger partial charge < -0.3 is 15.4 Å². The molecule has 1 aromatic carbocycles. The number of rotatable bonds is 3. The molecule has 18 heavy (non-hydrogen) atoms. The maximum Gasteiger partial charge on any atom is 0.144 e. The standard InChI is InChI=1S/C15H24N2O/c1-11(2)18-14-9-6-8-13(15(14)16)17-10-5-4-7-12(17)3/h6,8-9,11-12H,4-5,7,10,16H2,1-3H3. The summed E-state index contributed by atoms with van der Waals surface area (Å²) >= 11 is 0. The molecule has 1 atom stereocenters. The van der Waals surface area contributed by atoms with E-state index in [4.69, 9.17) is 10.5 Å². The van der Waals surface area contributed by atoms with E-state index in [-0.39, 0.29) is 6.10 Å². The van der Waals surface area contributed by atoms with Crippen LogP contribution in [0.15, 0.2) is 18.2 Å². The minimum atomic E-state index is 0.154. The first-order valence-electron chi connectivity index (χ1n) is 6.91. The maximum atomic E-state index is 6.26. The first kappa shape index (κ1) is 13.1. The number of nitrogens with two attached hydrogens (primary N) is 1. The minimum absolute atomic E-state index is 0.154. The summed E-state index contributed by atoms with van der Waals surface area (Å²) in [4.78, 5) is 2.41. The van der Waals surface area contributed by atoms with E-state index in [2.05, 4.69) is 17.9 Å². The molecular formula is C15H24N2O. The van der Waals surface area contributed by atoms with Crippen LogP contribution < -0.4 is 15.4 Å². The molecule has 0 aliphatic carbocycles. The number of ether oxygens (including phenoxy) is 1. The molecule has 0 bridgehead atoms. The van der Waals surface area contributed by atoms with Gasteiger partial charge in [0.15, 0.2) is 0 Å². The summed E-state index contributed by atoms with van der Waals surface area (Å²) in [6.45, 7) is 7.41. The fourth-order valence-corrected chi connectivity index (χ4v) is 2.60. The smallest absolute Gasteiger partial charge is 0.144 e. The molecule has 1 unspecified atom stereocenters. The Hall–Kier alpha value is -1.38. The van der Waals surface area contributed by atoms with Gasteiger partial charge in [0.1, 0.15) is 5.75 Å². The Morgan fingerprint density at radius 1 is 1.33 bits per heavy atom. The molecule has 0 radical (unpaired) electrons. The second-order valence-corrected chi connectivity index (χ2v) is 5.39. The van der Waals surface area contributed by atoms with Crippen LogP contribution in [0.2, 0.25) is 0 Å². The molecule has 2 N–H and O–H groups in total. The van der Waals surface area contributed by atoms with Crippen molar-refractivity contribution in [3.05, 3.63) is 18.2 Å². The zero-order chi connectivity index (χ0) is 13.1. The lowest BCUT2D eigenvalue weighted by Crippen LogP contribution is -2.37. The van der Waals surface area contributed by atoms with Crippen molar-refractivity contribution in [1.82, 2.24) is 0 Å². The Kier molecular flexibility index (Phi) is 4.00. The van der Waals surface area contributed by atoms with Crippen molar-refractivity contribution in [1.29, 1.82) is 0 Å². The topological polar surface area (TPSA) is 38.5 Å². The molecule has 0 spiro atoms. The monoisotopic (exact) mass is 248 g/mol. The van der Waals surface area contributed by atoms with E-state index in [0.29, 0.717) is 6.04 Å². The van der Waals surface area contributed by atoms with Gasteiger partial charge in [-0.1, -0.05) is 6.07 Å². The number of anilines is 2. The molecule has 0 aromatic heterocycles. The van der Waals surface area contributed by atoms with E-state index >= 15 is 0 Å². The van der Waals surface area contributed by atoms with Crippen molar-refractivity contribution in [3.8, 4) is 5.75 Å². The summed E-state index contributed by atoms with van der Waals surface area (Å²) in [5.41, 5.74) is 8.16. The van der Waals surface area contributed by atoms with Crippen molar-refractivity contribution >= 4 is 11.4 Å². The zero-order valence-electron chi connectivity index (χ0n) is 11.6. The highest BCUT2D eigenvalue weighted by molar-refractivity contribution is 5.74. The highest BCUT2D eigenvalue weighted by atomic mass is 16.5. The van der Waals surface area contributed by atoms with Gasteiger partial charge in [0, 0.05) is 12.6 Å². The normalized spacial score (nSPS) is 20.2. The molecule has 100 valence electrons. The van der Waals surface area contributed by atoms with Gasteiger partial charge in [0.05, 0.1) is 17.5 Å². The Balaban J connectivity index is 2.27. The highest BCUT2D eigenvalue weighted by Gasteiger charge is 2.21. The van der Waals surface area contributed by atoms with Crippen LogP contribution in [-0.2, 0) is 0 Å². The maximum absolute atomic E-state index is 6.26. The number of nitrogen functional groups attached to an aromatic ring is 1. The van der Waals surface area contributed by atoms with Crippen LogP contribution in [0.4, 0.5) is 11.4 Å². The Bertz CT molecular complexity index is 403. The number of benzene rings is 1. The summed E-state index contributed by atoms with van der Waals surface area (Å²) in [5, 5.41) is 0. The molecular weight excluding hydrogens is 224 g/mol. The molecule has 2 rings (SSSR count). The number of para-hydroxylation sites is 1. The quantitative estimate of drug-likeness (QED) is 0.833. The fraction of sp³-hybridized carbons (Fsp3) is 0.600. The molecule has 1 aliphatic rings. The molecule has 1 saturated heterocycles. The predicted octanol–water partition coefficient (Wildman–Crippen LogP) is 3.43. The van der Waals surface area contributed by atoms with Crippen LogP contribution in [0.5, 0.6) is 5.75 Å². The first-order chi connectivity index (χ1) is 8.59. The molecule has 3 heteroatoms. The van der Waals surface area contributed by atoms with Gasteiger partial charge in [-0.25, -0.2) is 0 Å². The summed E-state index contributed by atoms with van der Waals surface area (Å²) in [7, 11) is 0. The van der Waals surface area contributed by atoms with Gasteiger partial charge in [0.2, 0.25) is 0 Å². The van der Waals surface area contributed by atoms with Crippen molar-refractivity contribution in [2.75, 3.05) is 17.2 Å². The summed E-state index contributed by atoms with van der Waals surface area (Å²) in [6, 6.07) is 6.65. The average molecular weight is 248 g/mol. The van der Waals surface area contributed by atoms with Crippen LogP contribution in [0.1, 0.15) is 40.0 Å². The zero-order valence-corrected chi connectivity index (χ0v) is 11.6. The lowest BCUT2D eigenvalue weighted by Gasteiger charge is -2.36. The van der Waals surface area contributed by atoms with Crippen molar-refractivity contribution < 1.29 is 4.74 Å². The van der Waals surface area contributed by atoms with Gasteiger partial charge >= 0.3 is 0 Å².